The van der Waals surface area contributed by atoms with Crippen molar-refractivity contribution in [3.05, 3.63) is 42.4 Å². The van der Waals surface area contributed by atoms with Gasteiger partial charge in [-0.25, -0.2) is 4.98 Å². The van der Waals surface area contributed by atoms with Gasteiger partial charge < -0.3 is 10.3 Å². The zero-order valence-corrected chi connectivity index (χ0v) is 12.7. The average Bonchev–Trinajstić information content (AvgIpc) is 2.79. The van der Waals surface area contributed by atoms with Crippen LogP contribution < -0.4 is 5.73 Å². The minimum Gasteiger partial charge on any atom is -0.383 e. The highest BCUT2D eigenvalue weighted by Gasteiger charge is 2.11. The summed E-state index contributed by atoms with van der Waals surface area (Å²) >= 11 is 0. The van der Waals surface area contributed by atoms with Crippen LogP contribution in [-0.2, 0) is 6.54 Å². The maximum Gasteiger partial charge on any atom is 0.131 e. The molecule has 0 unspecified atom stereocenters. The van der Waals surface area contributed by atoms with Gasteiger partial charge in [-0.15, -0.1) is 0 Å². The molecular weight excluding hydrogens is 260 g/mol. The van der Waals surface area contributed by atoms with Crippen LogP contribution in [0.3, 0.4) is 0 Å². The Morgan fingerprint density at radius 3 is 2.76 bits per heavy atom. The zero-order chi connectivity index (χ0) is 15.0. The fourth-order valence-electron chi connectivity index (χ4n) is 2.53. The summed E-state index contributed by atoms with van der Waals surface area (Å²) in [5.74, 6) is 1.27. The molecule has 21 heavy (non-hydrogen) atoms. The number of hydrogen-bond acceptors (Lipinski definition) is 3. The van der Waals surface area contributed by atoms with E-state index in [1.165, 1.54) is 0 Å². The molecular formula is C17H20N4. The van der Waals surface area contributed by atoms with Gasteiger partial charge in [0, 0.05) is 23.2 Å². The summed E-state index contributed by atoms with van der Waals surface area (Å²) in [5.41, 5.74) is 10.1. The highest BCUT2D eigenvalue weighted by atomic mass is 15.1. The number of imidazole rings is 1. The van der Waals surface area contributed by atoms with E-state index in [2.05, 4.69) is 35.9 Å². The molecule has 1 aromatic carbocycles. The summed E-state index contributed by atoms with van der Waals surface area (Å²) < 4.78 is 2.01. The molecule has 0 spiro atoms. The minimum absolute atomic E-state index is 0.540. The van der Waals surface area contributed by atoms with Crippen molar-refractivity contribution < 1.29 is 0 Å². The highest BCUT2D eigenvalue weighted by molar-refractivity contribution is 5.85. The van der Waals surface area contributed by atoms with Crippen molar-refractivity contribution in [3.8, 4) is 11.3 Å². The van der Waals surface area contributed by atoms with Crippen molar-refractivity contribution in [1.29, 1.82) is 0 Å². The molecule has 0 aliphatic carbocycles. The number of pyridine rings is 1. The third kappa shape index (κ3) is 2.61. The van der Waals surface area contributed by atoms with Crippen LogP contribution in [0.4, 0.5) is 5.82 Å². The number of nitrogens with zero attached hydrogens (tertiary/aromatic N) is 3. The van der Waals surface area contributed by atoms with Gasteiger partial charge in [-0.2, -0.15) is 0 Å². The molecule has 3 aromatic rings. The lowest BCUT2D eigenvalue weighted by atomic mass is 10.1. The molecule has 0 atom stereocenters. The first-order chi connectivity index (χ1) is 10.0. The molecule has 3 rings (SSSR count). The third-order valence-corrected chi connectivity index (χ3v) is 3.54. The van der Waals surface area contributed by atoms with Crippen molar-refractivity contribution >= 4 is 16.7 Å². The molecule has 2 N–H and O–H groups in total. The van der Waals surface area contributed by atoms with Crippen LogP contribution in [-0.4, -0.2) is 14.5 Å². The highest BCUT2D eigenvalue weighted by Crippen LogP contribution is 2.27. The maximum atomic E-state index is 6.24. The monoisotopic (exact) mass is 280 g/mol. The molecule has 0 saturated heterocycles. The summed E-state index contributed by atoms with van der Waals surface area (Å²) in [6, 6.07) is 10.3. The van der Waals surface area contributed by atoms with Gasteiger partial charge in [-0.1, -0.05) is 26.0 Å². The number of fused-ring (bicyclic) bond motifs is 1. The Bertz CT molecular complexity index is 787. The van der Waals surface area contributed by atoms with Gasteiger partial charge in [0.15, 0.2) is 0 Å². The van der Waals surface area contributed by atoms with Crippen LogP contribution >= 0.6 is 0 Å². The fraction of sp³-hybridized carbons (Fsp3) is 0.294. The summed E-state index contributed by atoms with van der Waals surface area (Å²) in [7, 11) is 0. The molecule has 0 aliphatic rings. The number of rotatable bonds is 3. The molecule has 0 amide bonds. The van der Waals surface area contributed by atoms with Crippen LogP contribution in [0, 0.1) is 12.8 Å². The molecule has 4 heteroatoms. The lowest BCUT2D eigenvalue weighted by Gasteiger charge is -2.08. The van der Waals surface area contributed by atoms with Crippen LogP contribution in [0.15, 0.2) is 36.7 Å². The second kappa shape index (κ2) is 5.20. The van der Waals surface area contributed by atoms with Crippen molar-refractivity contribution in [2.24, 2.45) is 5.92 Å². The minimum atomic E-state index is 0.540. The number of aryl methyl sites for hydroxylation is 1. The van der Waals surface area contributed by atoms with E-state index in [-0.39, 0.29) is 0 Å². The average molecular weight is 280 g/mol. The zero-order valence-electron chi connectivity index (χ0n) is 12.7. The number of nitrogen functional groups attached to an aromatic ring is 1. The molecule has 0 radical (unpaired) electrons. The summed E-state index contributed by atoms with van der Waals surface area (Å²) in [6.07, 6.45) is 1.82. The first kappa shape index (κ1) is 13.6. The van der Waals surface area contributed by atoms with Gasteiger partial charge in [0.2, 0.25) is 0 Å². The lowest BCUT2D eigenvalue weighted by molar-refractivity contribution is 0.527. The van der Waals surface area contributed by atoms with Crippen LogP contribution in [0.5, 0.6) is 0 Å². The summed E-state index contributed by atoms with van der Waals surface area (Å²) in [4.78, 5) is 9.00. The second-order valence-electron chi connectivity index (χ2n) is 5.88. The second-order valence-corrected chi connectivity index (χ2v) is 5.88. The van der Waals surface area contributed by atoms with Crippen molar-refractivity contribution in [1.82, 2.24) is 14.5 Å². The molecule has 4 nitrogen and oxygen atoms in total. The van der Waals surface area contributed by atoms with Crippen molar-refractivity contribution in [3.63, 3.8) is 0 Å². The molecule has 0 saturated carbocycles. The fourth-order valence-corrected chi connectivity index (χ4v) is 2.53. The van der Waals surface area contributed by atoms with Crippen LogP contribution in [0.25, 0.3) is 22.2 Å². The Morgan fingerprint density at radius 1 is 1.19 bits per heavy atom. The van der Waals surface area contributed by atoms with E-state index in [9.17, 15) is 0 Å². The van der Waals surface area contributed by atoms with Crippen molar-refractivity contribution in [2.75, 3.05) is 5.73 Å². The first-order valence-electron chi connectivity index (χ1n) is 7.23. The number of nitrogens with two attached hydrogens (primary N) is 1. The van der Waals surface area contributed by atoms with Gasteiger partial charge in [0.1, 0.15) is 11.5 Å². The molecule has 0 aliphatic heterocycles. The molecule has 108 valence electrons. The first-order valence-corrected chi connectivity index (χ1v) is 7.23. The molecule has 2 heterocycles. The number of benzene rings is 1. The van der Waals surface area contributed by atoms with Gasteiger partial charge in [-0.05, 0) is 31.0 Å². The quantitative estimate of drug-likeness (QED) is 0.796. The standard InChI is InChI=1S/C17H20N4/c1-11(2)9-21-10-19-16(17(21)18)14-6-7-15-13(8-14)5-4-12(3)20-15/h4-8,10-11H,9,18H2,1-3H3. The van der Waals surface area contributed by atoms with Crippen LogP contribution in [0.1, 0.15) is 19.5 Å². The Hall–Kier alpha value is -2.36. The van der Waals surface area contributed by atoms with E-state index in [1.807, 2.05) is 36.0 Å². The lowest BCUT2D eigenvalue weighted by Crippen LogP contribution is -2.06. The maximum absolute atomic E-state index is 6.24. The van der Waals surface area contributed by atoms with E-state index in [0.717, 1.165) is 40.2 Å². The molecule has 2 aromatic heterocycles. The van der Waals surface area contributed by atoms with E-state index in [4.69, 9.17) is 5.73 Å². The van der Waals surface area contributed by atoms with Crippen molar-refractivity contribution in [2.45, 2.75) is 27.3 Å². The number of aromatic nitrogens is 3. The predicted molar refractivity (Wildman–Crippen MR) is 87.0 cm³/mol. The Kier molecular flexibility index (Phi) is 3.37. The van der Waals surface area contributed by atoms with E-state index in [1.54, 1.807) is 0 Å². The van der Waals surface area contributed by atoms with Gasteiger partial charge in [-0.3, -0.25) is 4.98 Å². The Morgan fingerprint density at radius 2 is 2.00 bits per heavy atom. The topological polar surface area (TPSA) is 56.7 Å². The van der Waals surface area contributed by atoms with E-state index >= 15 is 0 Å². The van der Waals surface area contributed by atoms with Crippen LogP contribution in [0.2, 0.25) is 0 Å². The molecule has 0 fully saturated rings. The SMILES string of the molecule is Cc1ccc2cc(-c3ncn(CC(C)C)c3N)ccc2n1. The largest absolute Gasteiger partial charge is 0.383 e. The van der Waals surface area contributed by atoms with E-state index < -0.39 is 0 Å². The van der Waals surface area contributed by atoms with Gasteiger partial charge in [0.05, 0.1) is 11.8 Å². The molecule has 0 bridgehead atoms. The Labute approximate surface area is 124 Å². The van der Waals surface area contributed by atoms with Gasteiger partial charge in [0.25, 0.3) is 0 Å². The normalized spacial score (nSPS) is 11.4. The smallest absolute Gasteiger partial charge is 0.131 e. The third-order valence-electron chi connectivity index (χ3n) is 3.54. The number of anilines is 1. The summed E-state index contributed by atoms with van der Waals surface area (Å²) in [6.45, 7) is 7.22. The number of hydrogen-bond donors (Lipinski definition) is 1. The summed E-state index contributed by atoms with van der Waals surface area (Å²) in [5, 5.41) is 1.11. The van der Waals surface area contributed by atoms with Gasteiger partial charge >= 0.3 is 0 Å². The van der Waals surface area contributed by atoms with E-state index in [0.29, 0.717) is 5.92 Å². The Balaban J connectivity index is 2.04. The predicted octanol–water partition coefficient (Wildman–Crippen LogP) is 3.64.